The molecule has 1 aliphatic carbocycles. The molecule has 2 heterocycles. The van der Waals surface area contributed by atoms with Crippen LogP contribution in [0.4, 0.5) is 5.69 Å². The van der Waals surface area contributed by atoms with Crippen LogP contribution in [-0.2, 0) is 9.53 Å². The Morgan fingerprint density at radius 2 is 2.06 bits per heavy atom. The van der Waals surface area contributed by atoms with Crippen LogP contribution >= 0.6 is 0 Å². The van der Waals surface area contributed by atoms with E-state index in [9.17, 15) is 15.0 Å². The van der Waals surface area contributed by atoms with Gasteiger partial charge in [-0.05, 0) is 31.4 Å². The molecule has 0 radical (unpaired) electrons. The van der Waals surface area contributed by atoms with Crippen LogP contribution in [0.2, 0.25) is 0 Å². The molecule has 1 aromatic heterocycles. The first-order chi connectivity index (χ1) is 16.3. The van der Waals surface area contributed by atoms with Gasteiger partial charge in [-0.3, -0.25) is 9.78 Å². The Balaban J connectivity index is 1.59. The van der Waals surface area contributed by atoms with E-state index in [1.54, 1.807) is 12.3 Å². The first kappa shape index (κ1) is 23.6. The lowest BCUT2D eigenvalue weighted by Gasteiger charge is -2.43. The van der Waals surface area contributed by atoms with Crippen molar-refractivity contribution in [3.8, 4) is 0 Å². The van der Waals surface area contributed by atoms with E-state index < -0.39 is 29.8 Å². The Morgan fingerprint density at radius 3 is 2.76 bits per heavy atom. The van der Waals surface area contributed by atoms with Crippen molar-refractivity contribution < 1.29 is 19.7 Å². The summed E-state index contributed by atoms with van der Waals surface area (Å²) in [5, 5.41) is 24.2. The first-order valence-electron chi connectivity index (χ1n) is 11.2. The molecule has 1 aliphatic heterocycles. The Labute approximate surface area is 197 Å². The smallest absolute Gasteiger partial charge is 0.278 e. The van der Waals surface area contributed by atoms with Gasteiger partial charge in [-0.25, -0.2) is 4.99 Å². The number of nitrogens with two attached hydrogens (primary N) is 2. The number of fused-ring (bicyclic) bond motifs is 1. The van der Waals surface area contributed by atoms with Crippen LogP contribution in [-0.4, -0.2) is 44.6 Å². The zero-order valence-electron chi connectivity index (χ0n) is 18.7. The second-order valence-corrected chi connectivity index (χ2v) is 8.54. The Kier molecular flexibility index (Phi) is 6.78. The molecule has 4 rings (SSSR count). The van der Waals surface area contributed by atoms with E-state index in [0.717, 1.165) is 12.0 Å². The number of aliphatic hydroxyl groups excluding tert-OH is 1. The zero-order valence-corrected chi connectivity index (χ0v) is 18.7. The van der Waals surface area contributed by atoms with Gasteiger partial charge in [0.1, 0.15) is 11.4 Å². The average Bonchev–Trinajstić information content (AvgIpc) is 3.22. The normalized spacial score (nSPS) is 26.4. The van der Waals surface area contributed by atoms with Crippen molar-refractivity contribution >= 4 is 17.3 Å². The highest BCUT2D eigenvalue weighted by Crippen LogP contribution is 2.46. The number of allylic oxidation sites excluding steroid dienone is 1. The second-order valence-electron chi connectivity index (χ2n) is 8.54. The van der Waals surface area contributed by atoms with Gasteiger partial charge >= 0.3 is 0 Å². The highest BCUT2D eigenvalue weighted by Gasteiger charge is 2.52. The molecule has 9 nitrogen and oxygen atoms in total. The molecule has 1 saturated carbocycles. The largest absolute Gasteiger partial charge is 0.390 e. The molecule has 1 amide bonds. The van der Waals surface area contributed by atoms with Gasteiger partial charge < -0.3 is 31.7 Å². The molecular weight excluding hydrogens is 434 g/mol. The van der Waals surface area contributed by atoms with Crippen molar-refractivity contribution in [3.05, 3.63) is 84.1 Å². The van der Waals surface area contributed by atoms with Gasteiger partial charge in [-0.1, -0.05) is 36.9 Å². The van der Waals surface area contributed by atoms with Crippen molar-refractivity contribution in [2.75, 3.05) is 5.32 Å². The average molecular weight is 464 g/mol. The molecular formula is C25H29N5O4. The van der Waals surface area contributed by atoms with Gasteiger partial charge in [-0.2, -0.15) is 0 Å². The van der Waals surface area contributed by atoms with Gasteiger partial charge in [0.15, 0.2) is 5.70 Å². The number of amides is 1. The minimum Gasteiger partial charge on any atom is -0.390 e. The lowest BCUT2D eigenvalue weighted by Crippen LogP contribution is -2.54. The number of ether oxygens (including phenoxy) is 1. The molecule has 178 valence electrons. The number of benzene rings is 1. The summed E-state index contributed by atoms with van der Waals surface area (Å²) >= 11 is 0. The molecule has 2 fully saturated rings. The van der Waals surface area contributed by atoms with Crippen LogP contribution in [0.5, 0.6) is 0 Å². The van der Waals surface area contributed by atoms with Crippen molar-refractivity contribution in [1.82, 2.24) is 4.98 Å². The van der Waals surface area contributed by atoms with E-state index in [0.29, 0.717) is 29.8 Å². The maximum atomic E-state index is 13.1. The van der Waals surface area contributed by atoms with Crippen LogP contribution in [0.15, 0.2) is 78.0 Å². The van der Waals surface area contributed by atoms with Crippen molar-refractivity contribution in [1.29, 1.82) is 0 Å². The second kappa shape index (κ2) is 9.76. The summed E-state index contributed by atoms with van der Waals surface area (Å²) in [5.74, 6) is -0.878. The highest BCUT2D eigenvalue weighted by atomic mass is 16.5. The number of anilines is 1. The number of hydrogen-bond acceptors (Lipinski definition) is 8. The monoisotopic (exact) mass is 463 g/mol. The molecule has 0 bridgehead atoms. The summed E-state index contributed by atoms with van der Waals surface area (Å²) in [6, 6.07) is 10.9. The highest BCUT2D eigenvalue weighted by molar-refractivity contribution is 6.12. The number of rotatable bonds is 6. The fraction of sp³-hybridized carbons (Fsp3) is 0.320. The van der Waals surface area contributed by atoms with Crippen molar-refractivity contribution in [3.63, 3.8) is 0 Å². The molecule has 34 heavy (non-hydrogen) atoms. The fourth-order valence-electron chi connectivity index (χ4n) is 4.59. The lowest BCUT2D eigenvalue weighted by atomic mass is 9.84. The summed E-state index contributed by atoms with van der Waals surface area (Å²) in [5.41, 5.74) is 12.4. The minimum absolute atomic E-state index is 0.164. The Morgan fingerprint density at radius 1 is 1.29 bits per heavy atom. The third-order valence-corrected chi connectivity index (χ3v) is 6.38. The topological polar surface area (TPSA) is 156 Å². The zero-order chi connectivity index (χ0) is 24.3. The maximum absolute atomic E-state index is 13.1. The number of pyridine rings is 1. The van der Waals surface area contributed by atoms with Crippen LogP contribution in [0.1, 0.15) is 42.9 Å². The predicted molar refractivity (Wildman–Crippen MR) is 128 cm³/mol. The van der Waals surface area contributed by atoms with E-state index >= 15 is 0 Å². The Bertz CT molecular complexity index is 1130. The van der Waals surface area contributed by atoms with Gasteiger partial charge in [0.05, 0.1) is 35.9 Å². The first-order valence-corrected chi connectivity index (χ1v) is 11.2. The number of aromatic nitrogens is 1. The number of nitrogens with one attached hydrogen (secondary N) is 1. The SMILES string of the molecule is C=CC(=NC(C(=O)Nc1cnccc1[C@@H]1C[C@H](O)[C@]2(O)CCCC2O1)=C(N)N)c1ccccc1. The van der Waals surface area contributed by atoms with Crippen LogP contribution in [0.3, 0.4) is 0 Å². The molecule has 1 aromatic carbocycles. The number of aliphatic hydroxyl groups is 2. The molecule has 1 unspecified atom stereocenters. The summed E-state index contributed by atoms with van der Waals surface area (Å²) < 4.78 is 6.15. The minimum atomic E-state index is -1.23. The number of aliphatic imine (C=N–C) groups is 1. The number of carbonyl (C=O) groups is 1. The molecule has 7 N–H and O–H groups in total. The molecule has 0 spiro atoms. The summed E-state index contributed by atoms with van der Waals surface area (Å²) in [6.07, 6.45) is 4.76. The summed E-state index contributed by atoms with van der Waals surface area (Å²) in [4.78, 5) is 21.6. The molecule has 2 aromatic rings. The third kappa shape index (κ3) is 4.58. The molecule has 1 saturated heterocycles. The molecule has 9 heteroatoms. The number of hydrogen-bond donors (Lipinski definition) is 5. The molecule has 4 atom stereocenters. The van der Waals surface area contributed by atoms with Crippen LogP contribution < -0.4 is 16.8 Å². The molecule has 2 aliphatic rings. The van der Waals surface area contributed by atoms with E-state index in [1.165, 1.54) is 12.3 Å². The standard InChI is InChI=1S/C25H29N5O4/c1-2-17(15-7-4-3-5-8-15)29-22(23(26)27)24(32)30-18-14-28-12-10-16(18)19-13-20(31)25(33)11-6-9-21(25)34-19/h2-5,7-8,10,12,14,19-21,31,33H,1,6,9,11,13,26-27H2,(H,30,32)/t19-,20-,21?,25+/m0/s1. The van der Waals surface area contributed by atoms with Crippen molar-refractivity contribution in [2.45, 2.75) is 49.6 Å². The number of carbonyl (C=O) groups excluding carboxylic acids is 1. The van der Waals surface area contributed by atoms with Gasteiger partial charge in [0.25, 0.3) is 5.91 Å². The van der Waals surface area contributed by atoms with Gasteiger partial charge in [0, 0.05) is 23.7 Å². The van der Waals surface area contributed by atoms with Gasteiger partial charge in [-0.15, -0.1) is 0 Å². The van der Waals surface area contributed by atoms with Crippen LogP contribution in [0.25, 0.3) is 0 Å². The third-order valence-electron chi connectivity index (χ3n) is 6.38. The van der Waals surface area contributed by atoms with E-state index in [-0.39, 0.29) is 17.9 Å². The van der Waals surface area contributed by atoms with E-state index in [2.05, 4.69) is 21.9 Å². The fourth-order valence-corrected chi connectivity index (χ4v) is 4.59. The van der Waals surface area contributed by atoms with Crippen LogP contribution in [0, 0.1) is 0 Å². The van der Waals surface area contributed by atoms with Gasteiger partial charge in [0.2, 0.25) is 0 Å². The maximum Gasteiger partial charge on any atom is 0.278 e. The predicted octanol–water partition coefficient (Wildman–Crippen LogP) is 1.89. The number of nitrogens with zero attached hydrogens (tertiary/aromatic N) is 2. The lowest BCUT2D eigenvalue weighted by molar-refractivity contribution is -0.215. The Hall–Kier alpha value is -3.53. The van der Waals surface area contributed by atoms with E-state index in [4.69, 9.17) is 16.2 Å². The quantitative estimate of drug-likeness (QED) is 0.323. The summed E-state index contributed by atoms with van der Waals surface area (Å²) in [6.45, 7) is 3.77. The van der Waals surface area contributed by atoms with E-state index in [1.807, 2.05) is 30.3 Å². The summed E-state index contributed by atoms with van der Waals surface area (Å²) in [7, 11) is 0. The van der Waals surface area contributed by atoms with Crippen molar-refractivity contribution in [2.24, 2.45) is 16.5 Å².